The zero-order chi connectivity index (χ0) is 21.2. The van der Waals surface area contributed by atoms with Crippen LogP contribution >= 0.6 is 0 Å². The fourth-order valence-electron chi connectivity index (χ4n) is 3.29. The standard InChI is InChI=1S/C23H30N2O3S/c1-17-6-5-7-18(14-17)16-25(20-10-11-20)22(26)15-24-29(27,28)21-12-8-19(9-13-21)23(2,3)4/h5-9,12-14,20,24H,10-11,15-16H2,1-4H3. The van der Waals surface area contributed by atoms with Crippen LogP contribution in [0.25, 0.3) is 0 Å². The minimum Gasteiger partial charge on any atom is -0.334 e. The molecule has 6 heteroatoms. The Morgan fingerprint density at radius 1 is 1.10 bits per heavy atom. The van der Waals surface area contributed by atoms with E-state index in [-0.39, 0.29) is 28.8 Å². The summed E-state index contributed by atoms with van der Waals surface area (Å²) < 4.78 is 27.7. The maximum Gasteiger partial charge on any atom is 0.241 e. The molecule has 0 heterocycles. The van der Waals surface area contributed by atoms with Gasteiger partial charge in [-0.1, -0.05) is 62.7 Å². The van der Waals surface area contributed by atoms with E-state index in [0.29, 0.717) is 6.54 Å². The molecule has 1 amide bonds. The lowest BCUT2D eigenvalue weighted by atomic mass is 9.87. The first-order chi connectivity index (χ1) is 13.6. The van der Waals surface area contributed by atoms with Crippen molar-refractivity contribution < 1.29 is 13.2 Å². The molecule has 5 nitrogen and oxygen atoms in total. The predicted molar refractivity (Wildman–Crippen MR) is 115 cm³/mol. The zero-order valence-corrected chi connectivity index (χ0v) is 18.4. The highest BCUT2D eigenvalue weighted by atomic mass is 32.2. The molecule has 2 aromatic rings. The molecule has 1 N–H and O–H groups in total. The van der Waals surface area contributed by atoms with E-state index in [9.17, 15) is 13.2 Å². The highest BCUT2D eigenvalue weighted by Crippen LogP contribution is 2.28. The first-order valence-corrected chi connectivity index (χ1v) is 11.5. The normalized spacial score (nSPS) is 14.6. The van der Waals surface area contributed by atoms with Crippen LogP contribution in [0.15, 0.2) is 53.4 Å². The fraction of sp³-hybridized carbons (Fsp3) is 0.435. The molecule has 1 saturated carbocycles. The number of hydrogen-bond acceptors (Lipinski definition) is 3. The van der Waals surface area contributed by atoms with Gasteiger partial charge in [0.05, 0.1) is 11.4 Å². The van der Waals surface area contributed by atoms with Crippen LogP contribution in [-0.4, -0.2) is 31.8 Å². The summed E-state index contributed by atoms with van der Waals surface area (Å²) in [5, 5.41) is 0. The summed E-state index contributed by atoms with van der Waals surface area (Å²) in [4.78, 5) is 14.7. The quantitative estimate of drug-likeness (QED) is 0.750. The van der Waals surface area contributed by atoms with Crippen molar-refractivity contribution in [3.8, 4) is 0 Å². The minimum atomic E-state index is -3.73. The molecule has 0 saturated heterocycles. The Morgan fingerprint density at radius 3 is 2.31 bits per heavy atom. The van der Waals surface area contributed by atoms with Crippen molar-refractivity contribution in [3.05, 3.63) is 65.2 Å². The molecule has 29 heavy (non-hydrogen) atoms. The summed E-state index contributed by atoms with van der Waals surface area (Å²) in [6.07, 6.45) is 1.94. The van der Waals surface area contributed by atoms with Gasteiger partial charge in [-0.15, -0.1) is 0 Å². The van der Waals surface area contributed by atoms with Crippen LogP contribution in [0.2, 0.25) is 0 Å². The maximum absolute atomic E-state index is 12.8. The van der Waals surface area contributed by atoms with E-state index < -0.39 is 10.0 Å². The summed E-state index contributed by atoms with van der Waals surface area (Å²) in [6.45, 7) is 8.53. The Hall–Kier alpha value is -2.18. The minimum absolute atomic E-state index is 0.0494. The number of carbonyl (C=O) groups excluding carboxylic acids is 1. The predicted octanol–water partition coefficient (Wildman–Crippen LogP) is 3.76. The van der Waals surface area contributed by atoms with E-state index >= 15 is 0 Å². The molecule has 1 aliphatic carbocycles. The third kappa shape index (κ3) is 5.67. The number of carbonyl (C=O) groups is 1. The van der Waals surface area contributed by atoms with E-state index in [1.165, 1.54) is 0 Å². The van der Waals surface area contributed by atoms with E-state index in [4.69, 9.17) is 0 Å². The molecule has 1 fully saturated rings. The molecule has 156 valence electrons. The Labute approximate surface area is 174 Å². The molecule has 0 unspecified atom stereocenters. The molecule has 0 atom stereocenters. The van der Waals surface area contributed by atoms with Gasteiger partial charge in [-0.05, 0) is 48.4 Å². The Balaban J connectivity index is 1.66. The average Bonchev–Trinajstić information content (AvgIpc) is 3.49. The number of sulfonamides is 1. The van der Waals surface area contributed by atoms with Gasteiger partial charge in [0.2, 0.25) is 15.9 Å². The SMILES string of the molecule is Cc1cccc(CN(C(=O)CNS(=O)(=O)c2ccc(C(C)(C)C)cc2)C2CC2)c1. The van der Waals surface area contributed by atoms with Gasteiger partial charge in [0.15, 0.2) is 0 Å². The number of nitrogens with zero attached hydrogens (tertiary/aromatic N) is 1. The van der Waals surface area contributed by atoms with Gasteiger partial charge < -0.3 is 4.90 Å². The number of hydrogen-bond donors (Lipinski definition) is 1. The van der Waals surface area contributed by atoms with E-state index in [1.807, 2.05) is 37.3 Å². The maximum atomic E-state index is 12.8. The van der Waals surface area contributed by atoms with Gasteiger partial charge in [0.25, 0.3) is 0 Å². The summed E-state index contributed by atoms with van der Waals surface area (Å²) in [5.74, 6) is -0.191. The lowest BCUT2D eigenvalue weighted by Crippen LogP contribution is -2.41. The molecule has 0 aromatic heterocycles. The van der Waals surface area contributed by atoms with Crippen LogP contribution in [-0.2, 0) is 26.8 Å². The molecule has 0 spiro atoms. The average molecular weight is 415 g/mol. The third-order valence-corrected chi connectivity index (χ3v) is 6.60. The molecule has 1 aliphatic rings. The van der Waals surface area contributed by atoms with Crippen molar-refractivity contribution in [2.45, 2.75) is 63.4 Å². The summed E-state index contributed by atoms with van der Waals surface area (Å²) in [5.41, 5.74) is 3.22. The lowest BCUT2D eigenvalue weighted by molar-refractivity contribution is -0.131. The van der Waals surface area contributed by atoms with Crippen molar-refractivity contribution in [3.63, 3.8) is 0 Å². The van der Waals surface area contributed by atoms with Gasteiger partial charge in [-0.3, -0.25) is 4.79 Å². The Morgan fingerprint density at radius 2 is 1.76 bits per heavy atom. The van der Waals surface area contributed by atoms with Gasteiger partial charge in [0.1, 0.15) is 0 Å². The largest absolute Gasteiger partial charge is 0.334 e. The smallest absolute Gasteiger partial charge is 0.241 e. The Kier molecular flexibility index (Phi) is 6.15. The molecule has 0 bridgehead atoms. The number of rotatable bonds is 7. The summed E-state index contributed by atoms with van der Waals surface area (Å²) >= 11 is 0. The molecule has 3 rings (SSSR count). The van der Waals surface area contributed by atoms with Crippen LogP contribution in [0.3, 0.4) is 0 Å². The molecule has 0 aliphatic heterocycles. The molecule has 0 radical (unpaired) electrons. The van der Waals surface area contributed by atoms with Crippen molar-refractivity contribution >= 4 is 15.9 Å². The van der Waals surface area contributed by atoms with Crippen LogP contribution in [0.1, 0.15) is 50.3 Å². The van der Waals surface area contributed by atoms with Crippen LogP contribution in [0, 0.1) is 6.92 Å². The first kappa shape index (κ1) is 21.5. The van der Waals surface area contributed by atoms with Gasteiger partial charge in [0, 0.05) is 12.6 Å². The first-order valence-electron chi connectivity index (χ1n) is 10.0. The third-order valence-electron chi connectivity index (χ3n) is 5.19. The highest BCUT2D eigenvalue weighted by molar-refractivity contribution is 7.89. The van der Waals surface area contributed by atoms with Crippen LogP contribution < -0.4 is 4.72 Å². The molecular weight excluding hydrogens is 384 g/mol. The topological polar surface area (TPSA) is 66.5 Å². The van der Waals surface area contributed by atoms with Gasteiger partial charge >= 0.3 is 0 Å². The number of amides is 1. The number of benzene rings is 2. The second-order valence-electron chi connectivity index (χ2n) is 8.84. The summed E-state index contributed by atoms with van der Waals surface area (Å²) in [7, 11) is -3.73. The second kappa shape index (κ2) is 8.28. The van der Waals surface area contributed by atoms with Crippen molar-refractivity contribution in [1.29, 1.82) is 0 Å². The summed E-state index contributed by atoms with van der Waals surface area (Å²) in [6, 6.07) is 15.1. The van der Waals surface area contributed by atoms with E-state index in [0.717, 1.165) is 29.5 Å². The second-order valence-corrected chi connectivity index (χ2v) is 10.6. The van der Waals surface area contributed by atoms with Gasteiger partial charge in [-0.25, -0.2) is 13.1 Å². The van der Waals surface area contributed by atoms with Crippen LogP contribution in [0.4, 0.5) is 0 Å². The van der Waals surface area contributed by atoms with Crippen molar-refractivity contribution in [2.75, 3.05) is 6.54 Å². The lowest BCUT2D eigenvalue weighted by Gasteiger charge is -2.23. The van der Waals surface area contributed by atoms with Crippen LogP contribution in [0.5, 0.6) is 0 Å². The fourth-order valence-corrected chi connectivity index (χ4v) is 4.26. The highest BCUT2D eigenvalue weighted by Gasteiger charge is 2.33. The Bertz CT molecular complexity index is 972. The number of aryl methyl sites for hydroxylation is 1. The number of nitrogens with one attached hydrogen (secondary N) is 1. The van der Waals surface area contributed by atoms with E-state index in [2.05, 4.69) is 31.6 Å². The van der Waals surface area contributed by atoms with Crippen molar-refractivity contribution in [2.24, 2.45) is 0 Å². The zero-order valence-electron chi connectivity index (χ0n) is 17.6. The van der Waals surface area contributed by atoms with E-state index in [1.54, 1.807) is 17.0 Å². The molecular formula is C23H30N2O3S. The van der Waals surface area contributed by atoms with Gasteiger partial charge in [-0.2, -0.15) is 0 Å². The molecule has 2 aromatic carbocycles. The monoisotopic (exact) mass is 414 g/mol. The van der Waals surface area contributed by atoms with Crippen molar-refractivity contribution in [1.82, 2.24) is 9.62 Å².